The van der Waals surface area contributed by atoms with Crippen molar-refractivity contribution in [1.29, 1.82) is 0 Å². The standard InChI is InChI=1S/C28H31F2N7O/c1-5-35-8-9-36-20(14-35)15-38-25-12-19(6-7-23(25)36)33-28-31-13-22(30)26(34-28)18-10-21(29)27-24(11-18)37(16(2)3)17(4)32-27/h6-7,10-13,16,20H,5,8-9,14-15H2,1-4H3,(H,31,33,34). The summed E-state index contributed by atoms with van der Waals surface area (Å²) in [5.74, 6) is 0.555. The minimum atomic E-state index is -0.632. The van der Waals surface area contributed by atoms with E-state index >= 15 is 4.39 Å². The molecule has 8 nitrogen and oxygen atoms in total. The number of hydrogen-bond donors (Lipinski definition) is 1. The van der Waals surface area contributed by atoms with Crippen LogP contribution in [0.25, 0.3) is 22.3 Å². The summed E-state index contributed by atoms with van der Waals surface area (Å²) >= 11 is 0. The van der Waals surface area contributed by atoms with Crippen molar-refractivity contribution < 1.29 is 13.5 Å². The molecular formula is C28H31F2N7O. The molecule has 1 saturated heterocycles. The minimum absolute atomic E-state index is 0.0170. The van der Waals surface area contributed by atoms with Crippen molar-refractivity contribution >= 4 is 28.4 Å². The van der Waals surface area contributed by atoms with Gasteiger partial charge in [0.25, 0.3) is 0 Å². The van der Waals surface area contributed by atoms with E-state index in [1.807, 2.05) is 43.5 Å². The van der Waals surface area contributed by atoms with Crippen LogP contribution < -0.4 is 15.0 Å². The molecule has 4 aromatic rings. The van der Waals surface area contributed by atoms with Gasteiger partial charge >= 0.3 is 0 Å². The largest absolute Gasteiger partial charge is 0.489 e. The van der Waals surface area contributed by atoms with Crippen LogP contribution in [0.15, 0.2) is 36.5 Å². The summed E-state index contributed by atoms with van der Waals surface area (Å²) in [6, 6.07) is 9.31. The topological polar surface area (TPSA) is 71.3 Å². The van der Waals surface area contributed by atoms with Crippen LogP contribution in [0.3, 0.4) is 0 Å². The third-order valence-corrected chi connectivity index (χ3v) is 7.43. The molecule has 2 aromatic heterocycles. The molecule has 4 heterocycles. The SMILES string of the molecule is CCN1CCN2c3ccc(Nc4ncc(F)c(-c5cc(F)c6nc(C)n(C(C)C)c6c5)n4)cc3OCC2C1. The van der Waals surface area contributed by atoms with Gasteiger partial charge in [0.1, 0.15) is 29.4 Å². The van der Waals surface area contributed by atoms with E-state index in [1.165, 1.54) is 6.07 Å². The highest BCUT2D eigenvalue weighted by atomic mass is 19.1. The number of aromatic nitrogens is 4. The first-order valence-corrected chi connectivity index (χ1v) is 13.1. The number of aryl methyl sites for hydroxylation is 1. The second kappa shape index (κ2) is 9.50. The Balaban J connectivity index is 1.30. The molecule has 1 fully saturated rings. The molecule has 38 heavy (non-hydrogen) atoms. The smallest absolute Gasteiger partial charge is 0.227 e. The summed E-state index contributed by atoms with van der Waals surface area (Å²) < 4.78 is 37.9. The van der Waals surface area contributed by atoms with E-state index in [2.05, 4.69) is 37.0 Å². The molecule has 0 aliphatic carbocycles. The van der Waals surface area contributed by atoms with E-state index in [0.29, 0.717) is 29.6 Å². The third-order valence-electron chi connectivity index (χ3n) is 7.43. The van der Waals surface area contributed by atoms with Crippen LogP contribution in [0.2, 0.25) is 0 Å². The Hall–Kier alpha value is -3.79. The quantitative estimate of drug-likeness (QED) is 0.383. The van der Waals surface area contributed by atoms with E-state index < -0.39 is 11.6 Å². The van der Waals surface area contributed by atoms with Crippen molar-refractivity contribution in [2.75, 3.05) is 43.0 Å². The number of halogens is 2. The number of nitrogens with zero attached hydrogens (tertiary/aromatic N) is 6. The van der Waals surface area contributed by atoms with Gasteiger partial charge in [-0.25, -0.2) is 23.7 Å². The number of piperazine rings is 1. The normalized spacial score (nSPS) is 17.4. The molecule has 0 bridgehead atoms. The van der Waals surface area contributed by atoms with Crippen LogP contribution in [0.1, 0.15) is 32.6 Å². The summed E-state index contributed by atoms with van der Waals surface area (Å²) in [4.78, 5) is 17.8. The molecule has 10 heteroatoms. The molecule has 0 spiro atoms. The van der Waals surface area contributed by atoms with E-state index in [-0.39, 0.29) is 23.2 Å². The number of hydrogen-bond acceptors (Lipinski definition) is 7. The van der Waals surface area contributed by atoms with Gasteiger partial charge in [0.05, 0.1) is 23.4 Å². The summed E-state index contributed by atoms with van der Waals surface area (Å²) in [7, 11) is 0. The molecule has 1 atom stereocenters. The van der Waals surface area contributed by atoms with Crippen molar-refractivity contribution in [2.24, 2.45) is 0 Å². The van der Waals surface area contributed by atoms with Crippen molar-refractivity contribution in [3.63, 3.8) is 0 Å². The number of nitrogens with one attached hydrogen (secondary N) is 1. The van der Waals surface area contributed by atoms with Crippen LogP contribution in [0.4, 0.5) is 26.1 Å². The Morgan fingerprint density at radius 2 is 1.95 bits per heavy atom. The Kier molecular flexibility index (Phi) is 6.14. The summed E-state index contributed by atoms with van der Waals surface area (Å²) in [6.45, 7) is 12.7. The van der Waals surface area contributed by atoms with Gasteiger partial charge in [-0.05, 0) is 51.6 Å². The van der Waals surface area contributed by atoms with E-state index in [9.17, 15) is 4.39 Å². The second-order valence-corrected chi connectivity index (χ2v) is 10.2. The zero-order chi connectivity index (χ0) is 26.6. The monoisotopic (exact) mass is 519 g/mol. The second-order valence-electron chi connectivity index (χ2n) is 10.2. The molecule has 1 unspecified atom stereocenters. The Morgan fingerprint density at radius 3 is 2.74 bits per heavy atom. The van der Waals surface area contributed by atoms with Crippen LogP contribution in [-0.4, -0.2) is 63.2 Å². The maximum absolute atomic E-state index is 15.0. The lowest BCUT2D eigenvalue weighted by Gasteiger charge is -2.45. The molecule has 0 radical (unpaired) electrons. The first kappa shape index (κ1) is 24.5. The highest BCUT2D eigenvalue weighted by Gasteiger charge is 2.32. The van der Waals surface area contributed by atoms with Gasteiger partial charge in [-0.1, -0.05) is 6.92 Å². The molecule has 0 amide bonds. The van der Waals surface area contributed by atoms with Gasteiger partial charge in [-0.15, -0.1) is 0 Å². The van der Waals surface area contributed by atoms with Crippen molar-refractivity contribution in [1.82, 2.24) is 24.4 Å². The maximum atomic E-state index is 15.0. The Bertz CT molecular complexity index is 1520. The first-order chi connectivity index (χ1) is 18.3. The zero-order valence-corrected chi connectivity index (χ0v) is 22.0. The highest BCUT2D eigenvalue weighted by molar-refractivity contribution is 5.83. The molecule has 2 aliphatic rings. The number of fused-ring (bicyclic) bond motifs is 4. The number of rotatable bonds is 5. The van der Waals surface area contributed by atoms with Gasteiger partial charge < -0.3 is 19.5 Å². The molecule has 198 valence electrons. The van der Waals surface area contributed by atoms with Gasteiger partial charge in [0, 0.05) is 43.0 Å². The lowest BCUT2D eigenvalue weighted by atomic mass is 10.1. The first-order valence-electron chi connectivity index (χ1n) is 13.1. The van der Waals surface area contributed by atoms with Crippen molar-refractivity contribution in [3.8, 4) is 17.0 Å². The zero-order valence-electron chi connectivity index (χ0n) is 22.0. The van der Waals surface area contributed by atoms with Crippen molar-refractivity contribution in [2.45, 2.75) is 39.8 Å². The number of ether oxygens (including phenoxy) is 1. The fourth-order valence-electron chi connectivity index (χ4n) is 5.61. The van der Waals surface area contributed by atoms with Gasteiger partial charge in [0.15, 0.2) is 11.6 Å². The summed E-state index contributed by atoms with van der Waals surface area (Å²) in [5.41, 5.74) is 3.00. The average molecular weight is 520 g/mol. The molecule has 2 aromatic carbocycles. The van der Waals surface area contributed by atoms with Crippen LogP contribution in [0.5, 0.6) is 5.75 Å². The van der Waals surface area contributed by atoms with Gasteiger partial charge in [-0.2, -0.15) is 0 Å². The molecule has 6 rings (SSSR count). The van der Waals surface area contributed by atoms with Crippen LogP contribution >= 0.6 is 0 Å². The van der Waals surface area contributed by atoms with Crippen LogP contribution in [-0.2, 0) is 0 Å². The lowest BCUT2D eigenvalue weighted by Crippen LogP contribution is -2.57. The molecule has 2 aliphatic heterocycles. The number of imidazole rings is 1. The van der Waals surface area contributed by atoms with E-state index in [0.717, 1.165) is 49.5 Å². The summed E-state index contributed by atoms with van der Waals surface area (Å²) in [6.07, 6.45) is 1.10. The molecule has 0 saturated carbocycles. The predicted octanol–water partition coefficient (Wildman–Crippen LogP) is 5.31. The van der Waals surface area contributed by atoms with E-state index in [1.54, 1.807) is 6.07 Å². The van der Waals surface area contributed by atoms with Crippen LogP contribution in [0, 0.1) is 18.6 Å². The Labute approximate surface area is 220 Å². The fraction of sp³-hybridized carbons (Fsp3) is 0.393. The van der Waals surface area contributed by atoms with E-state index in [4.69, 9.17) is 4.74 Å². The number of anilines is 3. The minimum Gasteiger partial charge on any atom is -0.489 e. The number of likely N-dealkylation sites (N-methyl/N-ethyl adjacent to an activating group) is 1. The number of benzene rings is 2. The van der Waals surface area contributed by atoms with Crippen molar-refractivity contribution in [3.05, 3.63) is 54.0 Å². The molecule has 1 N–H and O–H groups in total. The Morgan fingerprint density at radius 1 is 1.11 bits per heavy atom. The molecular weight excluding hydrogens is 488 g/mol. The fourth-order valence-corrected chi connectivity index (χ4v) is 5.61. The van der Waals surface area contributed by atoms with Gasteiger partial charge in [0.2, 0.25) is 5.95 Å². The third kappa shape index (κ3) is 4.22. The maximum Gasteiger partial charge on any atom is 0.227 e. The summed E-state index contributed by atoms with van der Waals surface area (Å²) in [5, 5.41) is 3.16. The van der Waals surface area contributed by atoms with Gasteiger partial charge in [-0.3, -0.25) is 4.90 Å². The predicted molar refractivity (Wildman–Crippen MR) is 144 cm³/mol. The average Bonchev–Trinajstić information content (AvgIpc) is 3.25. The lowest BCUT2D eigenvalue weighted by molar-refractivity contribution is 0.172. The highest BCUT2D eigenvalue weighted by Crippen LogP contribution is 2.38.